The molecule has 1 aliphatic heterocycles. The van der Waals surface area contributed by atoms with Crippen LogP contribution in [0, 0.1) is 5.92 Å². The Balaban J connectivity index is 1.84. The molecule has 2 rings (SSSR count). The maximum atomic E-state index is 11.9. The summed E-state index contributed by atoms with van der Waals surface area (Å²) in [6.07, 6.45) is 5.12. The first-order chi connectivity index (χ1) is 8.16. The number of nitrogens with zero attached hydrogens (tertiary/aromatic N) is 1. The van der Waals surface area contributed by atoms with E-state index in [0.717, 1.165) is 5.56 Å². The van der Waals surface area contributed by atoms with E-state index in [9.17, 15) is 9.59 Å². The highest BCUT2D eigenvalue weighted by molar-refractivity contribution is 5.79. The number of aromatic nitrogens is 1. The van der Waals surface area contributed by atoms with E-state index < -0.39 is 5.97 Å². The van der Waals surface area contributed by atoms with Gasteiger partial charge in [-0.15, -0.1) is 0 Å². The van der Waals surface area contributed by atoms with Crippen LogP contribution in [0.3, 0.4) is 0 Å². The number of rotatable bonds is 3. The fourth-order valence-corrected chi connectivity index (χ4v) is 2.13. The fraction of sp³-hybridized carbons (Fsp3) is 0.500. The van der Waals surface area contributed by atoms with Crippen LogP contribution in [0.5, 0.6) is 0 Å². The van der Waals surface area contributed by atoms with Gasteiger partial charge in [0.25, 0.3) is 0 Å². The Hall–Kier alpha value is -1.78. The first-order valence-electron chi connectivity index (χ1n) is 5.79. The summed E-state index contributed by atoms with van der Waals surface area (Å²) in [5.41, 5.74) is 0.968. The van der Waals surface area contributed by atoms with E-state index in [1.807, 2.05) is 12.3 Å². The van der Waals surface area contributed by atoms with E-state index in [1.54, 1.807) is 11.1 Å². The van der Waals surface area contributed by atoms with E-state index in [2.05, 4.69) is 4.98 Å². The molecule has 0 radical (unpaired) electrons. The first-order valence-corrected chi connectivity index (χ1v) is 5.79. The minimum Gasteiger partial charge on any atom is -0.481 e. The van der Waals surface area contributed by atoms with Gasteiger partial charge in [-0.1, -0.05) is 0 Å². The van der Waals surface area contributed by atoms with Crippen molar-refractivity contribution >= 4 is 11.9 Å². The van der Waals surface area contributed by atoms with Crippen LogP contribution in [-0.4, -0.2) is 40.0 Å². The normalized spacial score (nSPS) is 17.1. The van der Waals surface area contributed by atoms with Gasteiger partial charge in [-0.2, -0.15) is 0 Å². The lowest BCUT2D eigenvalue weighted by molar-refractivity contribution is -0.145. The van der Waals surface area contributed by atoms with Crippen LogP contribution in [0.15, 0.2) is 18.5 Å². The zero-order valence-corrected chi connectivity index (χ0v) is 9.56. The predicted octanol–water partition coefficient (Wildman–Crippen LogP) is 0.880. The number of hydrogen-bond donors (Lipinski definition) is 2. The Morgan fingerprint density at radius 3 is 2.65 bits per heavy atom. The van der Waals surface area contributed by atoms with Gasteiger partial charge in [0.15, 0.2) is 0 Å². The van der Waals surface area contributed by atoms with Crippen molar-refractivity contribution in [1.29, 1.82) is 0 Å². The average molecular weight is 236 g/mol. The van der Waals surface area contributed by atoms with E-state index in [0.29, 0.717) is 32.4 Å². The molecule has 1 amide bonds. The lowest BCUT2D eigenvalue weighted by Crippen LogP contribution is -2.40. The molecule has 5 nitrogen and oxygen atoms in total. The highest BCUT2D eigenvalue weighted by atomic mass is 16.4. The quantitative estimate of drug-likeness (QED) is 0.818. The van der Waals surface area contributed by atoms with Crippen LogP contribution < -0.4 is 0 Å². The van der Waals surface area contributed by atoms with Crippen LogP contribution >= 0.6 is 0 Å². The van der Waals surface area contributed by atoms with Gasteiger partial charge in [0.2, 0.25) is 5.91 Å². The fourth-order valence-electron chi connectivity index (χ4n) is 2.13. The molecule has 1 aromatic rings. The van der Waals surface area contributed by atoms with Gasteiger partial charge in [-0.3, -0.25) is 9.59 Å². The molecule has 0 saturated carbocycles. The highest BCUT2D eigenvalue weighted by Gasteiger charge is 2.26. The summed E-state index contributed by atoms with van der Waals surface area (Å²) in [5.74, 6) is -0.956. The second-order valence-corrected chi connectivity index (χ2v) is 4.39. The Bertz CT molecular complexity index is 392. The SMILES string of the molecule is O=C(O)C1CCN(C(=O)Cc2cc[nH]c2)CC1. The zero-order valence-electron chi connectivity index (χ0n) is 9.56. The third-order valence-corrected chi connectivity index (χ3v) is 3.21. The summed E-state index contributed by atoms with van der Waals surface area (Å²) < 4.78 is 0. The molecular formula is C12H16N2O3. The van der Waals surface area contributed by atoms with Crippen molar-refractivity contribution in [3.8, 4) is 0 Å². The number of carboxylic acid groups (broad SMARTS) is 1. The summed E-state index contributed by atoms with van der Waals surface area (Å²) >= 11 is 0. The van der Waals surface area contributed by atoms with Crippen LogP contribution in [0.4, 0.5) is 0 Å². The molecule has 5 heteroatoms. The van der Waals surface area contributed by atoms with Gasteiger partial charge < -0.3 is 15.0 Å². The molecule has 1 saturated heterocycles. The van der Waals surface area contributed by atoms with Crippen molar-refractivity contribution in [3.63, 3.8) is 0 Å². The molecule has 1 fully saturated rings. The third-order valence-electron chi connectivity index (χ3n) is 3.21. The second-order valence-electron chi connectivity index (χ2n) is 4.39. The number of nitrogens with one attached hydrogen (secondary N) is 1. The van der Waals surface area contributed by atoms with Crippen molar-refractivity contribution < 1.29 is 14.7 Å². The largest absolute Gasteiger partial charge is 0.481 e. The summed E-state index contributed by atoms with van der Waals surface area (Å²) in [5, 5.41) is 8.86. The van der Waals surface area contributed by atoms with Crippen molar-refractivity contribution in [3.05, 3.63) is 24.0 Å². The van der Waals surface area contributed by atoms with Gasteiger partial charge in [0.05, 0.1) is 12.3 Å². The number of amides is 1. The van der Waals surface area contributed by atoms with Crippen molar-refractivity contribution in [2.75, 3.05) is 13.1 Å². The number of carbonyl (C=O) groups excluding carboxylic acids is 1. The van der Waals surface area contributed by atoms with Crippen LogP contribution in [-0.2, 0) is 16.0 Å². The summed E-state index contributed by atoms with van der Waals surface area (Å²) in [4.78, 5) is 27.4. The van der Waals surface area contributed by atoms with Crippen molar-refractivity contribution in [2.45, 2.75) is 19.3 Å². The average Bonchev–Trinajstić information content (AvgIpc) is 2.82. The molecule has 0 aromatic carbocycles. The van der Waals surface area contributed by atoms with Gasteiger partial charge >= 0.3 is 5.97 Å². The van der Waals surface area contributed by atoms with E-state index in [1.165, 1.54) is 0 Å². The molecule has 0 aliphatic carbocycles. The van der Waals surface area contributed by atoms with E-state index in [4.69, 9.17) is 5.11 Å². The number of carboxylic acids is 1. The number of hydrogen-bond acceptors (Lipinski definition) is 2. The lowest BCUT2D eigenvalue weighted by Gasteiger charge is -2.30. The molecule has 0 bridgehead atoms. The van der Waals surface area contributed by atoms with Crippen LogP contribution in [0.25, 0.3) is 0 Å². The van der Waals surface area contributed by atoms with Gasteiger partial charge in [-0.05, 0) is 24.5 Å². The number of H-pyrrole nitrogens is 1. The molecule has 2 N–H and O–H groups in total. The van der Waals surface area contributed by atoms with Gasteiger partial charge in [0.1, 0.15) is 0 Å². The molecule has 0 atom stereocenters. The summed E-state index contributed by atoms with van der Waals surface area (Å²) in [6.45, 7) is 1.11. The Morgan fingerprint density at radius 2 is 2.12 bits per heavy atom. The molecule has 2 heterocycles. The van der Waals surface area contributed by atoms with Crippen LogP contribution in [0.1, 0.15) is 18.4 Å². The second kappa shape index (κ2) is 5.03. The topological polar surface area (TPSA) is 73.4 Å². The third kappa shape index (κ3) is 2.87. The summed E-state index contributed by atoms with van der Waals surface area (Å²) in [7, 11) is 0. The number of aliphatic carboxylic acids is 1. The lowest BCUT2D eigenvalue weighted by atomic mass is 9.97. The van der Waals surface area contributed by atoms with Crippen molar-refractivity contribution in [2.24, 2.45) is 5.92 Å². The van der Waals surface area contributed by atoms with E-state index in [-0.39, 0.29) is 11.8 Å². The smallest absolute Gasteiger partial charge is 0.306 e. The standard InChI is InChI=1S/C12H16N2O3/c15-11(7-9-1-4-13-8-9)14-5-2-10(3-6-14)12(16)17/h1,4,8,10,13H,2-3,5-7H2,(H,16,17). The van der Waals surface area contributed by atoms with E-state index >= 15 is 0 Å². The molecule has 0 spiro atoms. The molecule has 1 aromatic heterocycles. The zero-order chi connectivity index (χ0) is 12.3. The number of likely N-dealkylation sites (tertiary alicyclic amines) is 1. The Kier molecular flexibility index (Phi) is 3.46. The van der Waals surface area contributed by atoms with Gasteiger partial charge in [-0.25, -0.2) is 0 Å². The Labute approximate surface area is 99.4 Å². The molecular weight excluding hydrogens is 220 g/mol. The highest BCUT2D eigenvalue weighted by Crippen LogP contribution is 2.18. The maximum absolute atomic E-state index is 11.9. The minimum atomic E-state index is -0.747. The van der Waals surface area contributed by atoms with Crippen LogP contribution in [0.2, 0.25) is 0 Å². The maximum Gasteiger partial charge on any atom is 0.306 e. The molecule has 0 unspecified atom stereocenters. The predicted molar refractivity (Wildman–Crippen MR) is 61.4 cm³/mol. The summed E-state index contributed by atoms with van der Waals surface area (Å²) in [6, 6.07) is 1.88. The number of piperidine rings is 1. The molecule has 92 valence electrons. The number of carbonyl (C=O) groups is 2. The minimum absolute atomic E-state index is 0.0773. The molecule has 1 aliphatic rings. The molecule has 17 heavy (non-hydrogen) atoms. The first kappa shape index (κ1) is 11.7. The Morgan fingerprint density at radius 1 is 1.41 bits per heavy atom. The van der Waals surface area contributed by atoms with Gasteiger partial charge in [0, 0.05) is 25.5 Å². The monoisotopic (exact) mass is 236 g/mol. The van der Waals surface area contributed by atoms with Crippen molar-refractivity contribution in [1.82, 2.24) is 9.88 Å². The number of aromatic amines is 1.